The molecular weight excluding hydrogens is 298 g/mol. The maximum absolute atomic E-state index is 12.7. The molecule has 134 valence electrons. The highest BCUT2D eigenvalue weighted by molar-refractivity contribution is 5.71. The van der Waals surface area contributed by atoms with Crippen molar-refractivity contribution in [2.45, 2.75) is 85.3 Å². The molecule has 0 aromatic carbocycles. The fourth-order valence-corrected chi connectivity index (χ4v) is 3.04. The molecular formula is C17H31NO5. The Hall–Kier alpha value is -1.30. The highest BCUT2D eigenvalue weighted by Crippen LogP contribution is 2.39. The van der Waals surface area contributed by atoms with Gasteiger partial charge in [-0.05, 0) is 47.0 Å². The molecule has 1 heterocycles. The first kappa shape index (κ1) is 19.7. The standard InChI is InChI=1S/C17H31NO5/c1-10(2)13-12(9-11(3)14(19)20)22-17(7,8)18(13)15(21)23-16(4,5)6/h10-13H,9H2,1-8H3,(H,19,20)/t11-,12-,13+/m1/s1. The minimum absolute atomic E-state index is 0.121. The summed E-state index contributed by atoms with van der Waals surface area (Å²) in [6.07, 6.45) is -0.392. The number of carbonyl (C=O) groups is 2. The van der Waals surface area contributed by atoms with Gasteiger partial charge in [-0.3, -0.25) is 9.69 Å². The zero-order valence-corrected chi connectivity index (χ0v) is 15.5. The van der Waals surface area contributed by atoms with Crippen molar-refractivity contribution >= 4 is 12.1 Å². The van der Waals surface area contributed by atoms with Crippen LogP contribution in [-0.4, -0.2) is 45.5 Å². The lowest BCUT2D eigenvalue weighted by Gasteiger charge is -2.36. The molecule has 0 aromatic rings. The van der Waals surface area contributed by atoms with Crippen molar-refractivity contribution in [2.75, 3.05) is 0 Å². The third kappa shape index (κ3) is 4.83. The van der Waals surface area contributed by atoms with E-state index < -0.39 is 29.3 Å². The Morgan fingerprint density at radius 2 is 1.78 bits per heavy atom. The number of nitrogens with zero attached hydrogens (tertiary/aromatic N) is 1. The zero-order valence-electron chi connectivity index (χ0n) is 15.5. The van der Waals surface area contributed by atoms with Crippen molar-refractivity contribution in [3.63, 3.8) is 0 Å². The van der Waals surface area contributed by atoms with E-state index in [0.717, 1.165) is 0 Å². The summed E-state index contributed by atoms with van der Waals surface area (Å²) in [5, 5.41) is 9.16. The van der Waals surface area contributed by atoms with E-state index in [2.05, 4.69) is 0 Å². The second kappa shape index (κ2) is 6.67. The Balaban J connectivity index is 3.07. The van der Waals surface area contributed by atoms with Crippen molar-refractivity contribution in [2.24, 2.45) is 11.8 Å². The number of carboxylic acids is 1. The summed E-state index contributed by atoms with van der Waals surface area (Å²) in [6.45, 7) is 14.8. The molecule has 23 heavy (non-hydrogen) atoms. The van der Waals surface area contributed by atoms with Crippen molar-refractivity contribution in [3.8, 4) is 0 Å². The Bertz CT molecular complexity index is 452. The molecule has 0 aromatic heterocycles. The van der Waals surface area contributed by atoms with E-state index in [0.29, 0.717) is 6.42 Å². The SMILES string of the molecule is CC(C)[C@H]1[C@@H](C[C@@H](C)C(=O)O)OC(C)(C)N1C(=O)OC(C)(C)C. The molecule has 0 radical (unpaired) electrons. The van der Waals surface area contributed by atoms with Crippen molar-refractivity contribution < 1.29 is 24.2 Å². The normalized spacial score (nSPS) is 25.5. The minimum Gasteiger partial charge on any atom is -0.481 e. The Labute approximate surface area is 139 Å². The van der Waals surface area contributed by atoms with Gasteiger partial charge in [-0.15, -0.1) is 0 Å². The summed E-state index contributed by atoms with van der Waals surface area (Å²) in [7, 11) is 0. The van der Waals surface area contributed by atoms with Gasteiger partial charge in [0.2, 0.25) is 0 Å². The Kier molecular flexibility index (Phi) is 5.73. The maximum atomic E-state index is 12.7. The van der Waals surface area contributed by atoms with Gasteiger partial charge in [-0.1, -0.05) is 20.8 Å². The van der Waals surface area contributed by atoms with Gasteiger partial charge >= 0.3 is 12.1 Å². The second-order valence-corrected chi connectivity index (χ2v) is 8.16. The lowest BCUT2D eigenvalue weighted by Crippen LogP contribution is -2.52. The van der Waals surface area contributed by atoms with E-state index in [4.69, 9.17) is 14.6 Å². The van der Waals surface area contributed by atoms with Crippen LogP contribution in [0.4, 0.5) is 4.79 Å². The molecule has 3 atom stereocenters. The monoisotopic (exact) mass is 329 g/mol. The number of ether oxygens (including phenoxy) is 2. The van der Waals surface area contributed by atoms with E-state index in [1.54, 1.807) is 11.8 Å². The zero-order chi connectivity index (χ0) is 18.2. The molecule has 0 bridgehead atoms. The summed E-state index contributed by atoms with van der Waals surface area (Å²) >= 11 is 0. The Morgan fingerprint density at radius 3 is 2.17 bits per heavy atom. The highest BCUT2D eigenvalue weighted by Gasteiger charge is 2.52. The number of carbonyl (C=O) groups excluding carboxylic acids is 1. The van der Waals surface area contributed by atoms with Crippen molar-refractivity contribution in [1.82, 2.24) is 4.90 Å². The third-order valence-corrected chi connectivity index (χ3v) is 3.98. The average molecular weight is 329 g/mol. The molecule has 6 nitrogen and oxygen atoms in total. The summed E-state index contributed by atoms with van der Waals surface area (Å²) in [5.41, 5.74) is -1.43. The smallest absolute Gasteiger partial charge is 0.412 e. The molecule has 1 fully saturated rings. The first-order chi connectivity index (χ1) is 10.3. The molecule has 0 unspecified atom stereocenters. The van der Waals surface area contributed by atoms with Gasteiger partial charge in [0.1, 0.15) is 11.3 Å². The van der Waals surface area contributed by atoms with Gasteiger partial charge in [0.05, 0.1) is 18.1 Å². The number of carboxylic acid groups (broad SMARTS) is 1. The van der Waals surface area contributed by atoms with E-state index in [-0.39, 0.29) is 18.1 Å². The minimum atomic E-state index is -0.857. The van der Waals surface area contributed by atoms with Gasteiger partial charge < -0.3 is 14.6 Å². The number of amides is 1. The number of hydrogen-bond donors (Lipinski definition) is 1. The van der Waals surface area contributed by atoms with Crippen LogP contribution >= 0.6 is 0 Å². The van der Waals surface area contributed by atoms with Crippen LogP contribution in [-0.2, 0) is 14.3 Å². The van der Waals surface area contributed by atoms with Crippen molar-refractivity contribution in [3.05, 3.63) is 0 Å². The fourth-order valence-electron chi connectivity index (χ4n) is 3.04. The molecule has 6 heteroatoms. The molecule has 1 aliphatic rings. The van der Waals surface area contributed by atoms with Crippen molar-refractivity contribution in [1.29, 1.82) is 0 Å². The molecule has 1 saturated heterocycles. The van der Waals surface area contributed by atoms with Crippen LogP contribution in [0.3, 0.4) is 0 Å². The topological polar surface area (TPSA) is 76.1 Å². The molecule has 0 spiro atoms. The van der Waals surface area contributed by atoms with Crippen LogP contribution in [0.5, 0.6) is 0 Å². The highest BCUT2D eigenvalue weighted by atomic mass is 16.6. The maximum Gasteiger partial charge on any atom is 0.412 e. The van der Waals surface area contributed by atoms with Gasteiger partial charge in [0, 0.05) is 0 Å². The van der Waals surface area contributed by atoms with E-state index >= 15 is 0 Å². The van der Waals surface area contributed by atoms with Crippen LogP contribution in [0.15, 0.2) is 0 Å². The van der Waals surface area contributed by atoms with E-state index in [9.17, 15) is 9.59 Å². The number of rotatable bonds is 4. The van der Waals surface area contributed by atoms with Crippen LogP contribution < -0.4 is 0 Å². The predicted molar refractivity (Wildman–Crippen MR) is 87.1 cm³/mol. The lowest BCUT2D eigenvalue weighted by molar-refractivity contribution is -0.143. The lowest BCUT2D eigenvalue weighted by atomic mass is 9.91. The summed E-state index contributed by atoms with van der Waals surface area (Å²) < 4.78 is 11.6. The first-order valence-corrected chi connectivity index (χ1v) is 8.19. The molecule has 1 rings (SSSR count). The molecule has 0 aliphatic carbocycles. The predicted octanol–water partition coefficient (Wildman–Crippen LogP) is 3.49. The molecule has 1 N–H and O–H groups in total. The van der Waals surface area contributed by atoms with Crippen LogP contribution in [0.1, 0.15) is 61.8 Å². The van der Waals surface area contributed by atoms with Gasteiger partial charge in [-0.2, -0.15) is 0 Å². The largest absolute Gasteiger partial charge is 0.481 e. The number of aliphatic carboxylic acids is 1. The number of hydrogen-bond acceptors (Lipinski definition) is 4. The van der Waals surface area contributed by atoms with Crippen LogP contribution in [0.2, 0.25) is 0 Å². The summed E-state index contributed by atoms with van der Waals surface area (Å²) in [5.74, 6) is -1.27. The molecule has 0 saturated carbocycles. The summed E-state index contributed by atoms with van der Waals surface area (Å²) in [6, 6.07) is -0.221. The van der Waals surface area contributed by atoms with Gasteiger partial charge in [-0.25, -0.2) is 4.79 Å². The fraction of sp³-hybridized carbons (Fsp3) is 0.882. The molecule has 1 amide bonds. The van der Waals surface area contributed by atoms with E-state index in [1.165, 1.54) is 0 Å². The quantitative estimate of drug-likeness (QED) is 0.854. The van der Waals surface area contributed by atoms with Gasteiger partial charge in [0.25, 0.3) is 0 Å². The van der Waals surface area contributed by atoms with Crippen LogP contribution in [0, 0.1) is 11.8 Å². The second-order valence-electron chi connectivity index (χ2n) is 8.16. The Morgan fingerprint density at radius 1 is 1.26 bits per heavy atom. The van der Waals surface area contributed by atoms with Crippen LogP contribution in [0.25, 0.3) is 0 Å². The van der Waals surface area contributed by atoms with Gasteiger partial charge in [0.15, 0.2) is 0 Å². The third-order valence-electron chi connectivity index (χ3n) is 3.98. The summed E-state index contributed by atoms with van der Waals surface area (Å²) in [4.78, 5) is 25.5. The molecule has 1 aliphatic heterocycles. The van der Waals surface area contributed by atoms with E-state index in [1.807, 2.05) is 48.5 Å². The average Bonchev–Trinajstić information content (AvgIpc) is 2.57. The first-order valence-electron chi connectivity index (χ1n) is 8.19.